The van der Waals surface area contributed by atoms with E-state index in [-0.39, 0.29) is 29.1 Å². The summed E-state index contributed by atoms with van der Waals surface area (Å²) in [6.45, 7) is 6.62. The first kappa shape index (κ1) is 29.5. The summed E-state index contributed by atoms with van der Waals surface area (Å²) in [6.07, 6.45) is 0. The van der Waals surface area contributed by atoms with Crippen LogP contribution >= 0.6 is 23.2 Å². The van der Waals surface area contributed by atoms with E-state index < -0.39 is 28.5 Å². The number of aryl methyl sites for hydroxylation is 1. The van der Waals surface area contributed by atoms with Crippen LogP contribution in [0.15, 0.2) is 77.7 Å². The van der Waals surface area contributed by atoms with E-state index >= 15 is 0 Å². The number of anilines is 1. The van der Waals surface area contributed by atoms with Crippen LogP contribution in [0.5, 0.6) is 0 Å². The van der Waals surface area contributed by atoms with E-state index in [4.69, 9.17) is 23.2 Å². The van der Waals surface area contributed by atoms with Crippen LogP contribution < -0.4 is 9.62 Å². The summed E-state index contributed by atoms with van der Waals surface area (Å²) in [5.41, 5.74) is 1.83. The number of hydrogen-bond acceptors (Lipinski definition) is 4. The van der Waals surface area contributed by atoms with E-state index in [1.165, 1.54) is 23.1 Å². The molecule has 38 heavy (non-hydrogen) atoms. The summed E-state index contributed by atoms with van der Waals surface area (Å²) in [4.78, 5) is 28.1. The molecule has 0 spiro atoms. The van der Waals surface area contributed by atoms with Gasteiger partial charge in [0, 0.05) is 22.6 Å². The van der Waals surface area contributed by atoms with Crippen molar-refractivity contribution in [3.8, 4) is 0 Å². The fourth-order valence-corrected chi connectivity index (χ4v) is 5.62. The summed E-state index contributed by atoms with van der Waals surface area (Å²) in [6, 6.07) is 18.6. The van der Waals surface area contributed by atoms with Crippen LogP contribution in [0.1, 0.15) is 31.9 Å². The number of hydrogen-bond donors (Lipinski definition) is 1. The number of nitrogens with one attached hydrogen (secondary N) is 1. The highest BCUT2D eigenvalue weighted by Crippen LogP contribution is 2.27. The van der Waals surface area contributed by atoms with Crippen molar-refractivity contribution in [3.05, 3.63) is 94.0 Å². The van der Waals surface area contributed by atoms with Gasteiger partial charge in [0.15, 0.2) is 0 Å². The molecule has 1 atom stereocenters. The predicted octanol–water partition coefficient (Wildman–Crippen LogP) is 5.44. The highest BCUT2D eigenvalue weighted by Gasteiger charge is 2.32. The smallest absolute Gasteiger partial charge is 0.264 e. The van der Waals surface area contributed by atoms with Gasteiger partial charge in [0.05, 0.1) is 10.6 Å². The van der Waals surface area contributed by atoms with Gasteiger partial charge in [-0.05, 0) is 75.7 Å². The molecule has 0 aromatic heterocycles. The minimum atomic E-state index is -4.16. The van der Waals surface area contributed by atoms with Crippen LogP contribution in [0.4, 0.5) is 5.69 Å². The maximum absolute atomic E-state index is 13.8. The standard InChI is InChI=1S/C28H31Cl2N3O4S/c1-19(2)31-28(35)21(4)32(17-22-7-5-8-23(29)15-22)27(34)18-33(25-10-6-9-24(30)16-25)38(36,37)26-13-11-20(3)12-14-26/h5-16,19,21H,17-18H2,1-4H3,(H,31,35)/t21-/m1/s1. The third-order valence-electron chi connectivity index (χ3n) is 5.82. The Kier molecular flexibility index (Phi) is 9.82. The van der Waals surface area contributed by atoms with E-state index in [9.17, 15) is 18.0 Å². The van der Waals surface area contributed by atoms with Gasteiger partial charge in [0.1, 0.15) is 12.6 Å². The molecule has 0 fully saturated rings. The van der Waals surface area contributed by atoms with Crippen molar-refractivity contribution >= 4 is 50.7 Å². The molecule has 0 aliphatic carbocycles. The minimum Gasteiger partial charge on any atom is -0.352 e. The molecule has 0 heterocycles. The average Bonchev–Trinajstić information content (AvgIpc) is 2.85. The predicted molar refractivity (Wildman–Crippen MR) is 152 cm³/mol. The van der Waals surface area contributed by atoms with Gasteiger partial charge in [-0.2, -0.15) is 0 Å². The molecule has 0 unspecified atom stereocenters. The van der Waals surface area contributed by atoms with Crippen LogP contribution in [-0.4, -0.2) is 43.8 Å². The fourth-order valence-electron chi connectivity index (χ4n) is 3.82. The average molecular weight is 577 g/mol. The number of benzene rings is 3. The second-order valence-electron chi connectivity index (χ2n) is 9.30. The molecule has 0 radical (unpaired) electrons. The van der Waals surface area contributed by atoms with Gasteiger partial charge < -0.3 is 10.2 Å². The number of carbonyl (C=O) groups excluding carboxylic acids is 2. The second-order valence-corrected chi connectivity index (χ2v) is 12.0. The Morgan fingerprint density at radius 3 is 2.08 bits per heavy atom. The molecule has 3 aromatic rings. The van der Waals surface area contributed by atoms with Gasteiger partial charge >= 0.3 is 0 Å². The molecule has 10 heteroatoms. The summed E-state index contributed by atoms with van der Waals surface area (Å²) < 4.78 is 28.6. The lowest BCUT2D eigenvalue weighted by Gasteiger charge is -2.32. The van der Waals surface area contributed by atoms with Crippen molar-refractivity contribution in [2.45, 2.75) is 51.2 Å². The normalized spacial score (nSPS) is 12.2. The van der Waals surface area contributed by atoms with Crippen molar-refractivity contribution in [1.29, 1.82) is 0 Å². The zero-order valence-corrected chi connectivity index (χ0v) is 24.0. The van der Waals surface area contributed by atoms with Gasteiger partial charge in [-0.1, -0.05) is 59.1 Å². The monoisotopic (exact) mass is 575 g/mol. The number of carbonyl (C=O) groups is 2. The van der Waals surface area contributed by atoms with E-state index in [0.29, 0.717) is 15.6 Å². The molecule has 0 aliphatic heterocycles. The van der Waals surface area contributed by atoms with Crippen LogP contribution in [-0.2, 0) is 26.2 Å². The second kappa shape index (κ2) is 12.7. The van der Waals surface area contributed by atoms with Crippen LogP contribution in [0.3, 0.4) is 0 Å². The number of halogens is 2. The van der Waals surface area contributed by atoms with Gasteiger partial charge in [-0.15, -0.1) is 0 Å². The zero-order chi connectivity index (χ0) is 28.0. The van der Waals surface area contributed by atoms with Crippen molar-refractivity contribution in [2.75, 3.05) is 10.8 Å². The van der Waals surface area contributed by atoms with Crippen LogP contribution in [0.2, 0.25) is 10.0 Å². The van der Waals surface area contributed by atoms with Gasteiger partial charge in [0.25, 0.3) is 10.0 Å². The van der Waals surface area contributed by atoms with E-state index in [1.807, 2.05) is 20.8 Å². The number of sulfonamides is 1. The molecule has 0 aliphatic rings. The highest BCUT2D eigenvalue weighted by atomic mass is 35.5. The summed E-state index contributed by atoms with van der Waals surface area (Å²) >= 11 is 12.3. The number of rotatable bonds is 10. The Hall–Kier alpha value is -3.07. The number of nitrogens with zero attached hydrogens (tertiary/aromatic N) is 2. The highest BCUT2D eigenvalue weighted by molar-refractivity contribution is 7.92. The lowest BCUT2D eigenvalue weighted by molar-refractivity contribution is -0.139. The Bertz CT molecular complexity index is 1400. The Morgan fingerprint density at radius 2 is 1.50 bits per heavy atom. The Morgan fingerprint density at radius 1 is 0.895 bits per heavy atom. The van der Waals surface area contributed by atoms with Crippen LogP contribution in [0.25, 0.3) is 0 Å². The molecule has 202 valence electrons. The van der Waals surface area contributed by atoms with Gasteiger partial charge in [-0.3, -0.25) is 13.9 Å². The Balaban J connectivity index is 2.03. The van der Waals surface area contributed by atoms with Gasteiger partial charge in [0.2, 0.25) is 11.8 Å². The third-order valence-corrected chi connectivity index (χ3v) is 8.08. The molecular weight excluding hydrogens is 545 g/mol. The lowest BCUT2D eigenvalue weighted by Crippen LogP contribution is -2.52. The molecule has 2 amide bonds. The summed E-state index contributed by atoms with van der Waals surface area (Å²) in [5.74, 6) is -0.918. The Labute approximate surface area is 234 Å². The van der Waals surface area contributed by atoms with E-state index in [2.05, 4.69) is 5.32 Å². The quantitative estimate of drug-likeness (QED) is 0.348. The van der Waals surface area contributed by atoms with Crippen molar-refractivity contribution in [1.82, 2.24) is 10.2 Å². The molecule has 0 saturated carbocycles. The molecule has 1 N–H and O–H groups in total. The molecule has 0 bridgehead atoms. The summed E-state index contributed by atoms with van der Waals surface area (Å²) in [7, 11) is -4.16. The van der Waals surface area contributed by atoms with Crippen molar-refractivity contribution in [3.63, 3.8) is 0 Å². The largest absolute Gasteiger partial charge is 0.352 e. The molecule has 3 aromatic carbocycles. The van der Waals surface area contributed by atoms with Crippen molar-refractivity contribution < 1.29 is 18.0 Å². The van der Waals surface area contributed by atoms with Gasteiger partial charge in [-0.25, -0.2) is 8.42 Å². The maximum Gasteiger partial charge on any atom is 0.264 e. The van der Waals surface area contributed by atoms with Crippen molar-refractivity contribution in [2.24, 2.45) is 0 Å². The number of amides is 2. The third kappa shape index (κ3) is 7.49. The molecule has 7 nitrogen and oxygen atoms in total. The maximum atomic E-state index is 13.8. The first-order chi connectivity index (χ1) is 17.9. The summed E-state index contributed by atoms with van der Waals surface area (Å²) in [5, 5.41) is 3.62. The zero-order valence-electron chi connectivity index (χ0n) is 21.7. The fraction of sp³-hybridized carbons (Fsp3) is 0.286. The first-order valence-electron chi connectivity index (χ1n) is 12.1. The lowest BCUT2D eigenvalue weighted by atomic mass is 10.1. The topological polar surface area (TPSA) is 86.8 Å². The van der Waals surface area contributed by atoms with E-state index in [0.717, 1.165) is 9.87 Å². The minimum absolute atomic E-state index is 0.0304. The molecule has 3 rings (SSSR count). The van der Waals surface area contributed by atoms with Crippen LogP contribution in [0, 0.1) is 6.92 Å². The van der Waals surface area contributed by atoms with E-state index in [1.54, 1.807) is 61.5 Å². The molecular formula is C28H31Cl2N3O4S. The first-order valence-corrected chi connectivity index (χ1v) is 14.3. The SMILES string of the molecule is Cc1ccc(S(=O)(=O)N(CC(=O)N(Cc2cccc(Cl)c2)[C@H](C)C(=O)NC(C)C)c2cccc(Cl)c2)cc1. The molecule has 0 saturated heterocycles.